The first kappa shape index (κ1) is 19.1. The van der Waals surface area contributed by atoms with E-state index >= 15 is 0 Å². The van der Waals surface area contributed by atoms with Gasteiger partial charge in [0.25, 0.3) is 0 Å². The van der Waals surface area contributed by atoms with Gasteiger partial charge in [-0.1, -0.05) is 18.2 Å². The van der Waals surface area contributed by atoms with Gasteiger partial charge in [0.05, 0.1) is 42.6 Å². The van der Waals surface area contributed by atoms with Crippen LogP contribution in [0.5, 0.6) is 0 Å². The number of nitrogens with zero attached hydrogens (tertiary/aromatic N) is 4. The number of rotatable bonds is 5. The molecule has 0 saturated heterocycles. The van der Waals surface area contributed by atoms with Crippen molar-refractivity contribution in [3.63, 3.8) is 0 Å². The number of hydrogen-bond acceptors (Lipinski definition) is 8. The molecule has 0 aliphatic heterocycles. The van der Waals surface area contributed by atoms with Crippen LogP contribution < -0.4 is 5.32 Å². The third kappa shape index (κ3) is 3.55. The van der Waals surface area contributed by atoms with Crippen LogP contribution in [0.3, 0.4) is 0 Å². The van der Waals surface area contributed by atoms with Gasteiger partial charge >= 0.3 is 11.9 Å². The molecule has 30 heavy (non-hydrogen) atoms. The maximum atomic E-state index is 12.0. The minimum absolute atomic E-state index is 0.202. The highest BCUT2D eigenvalue weighted by Gasteiger charge is 2.16. The SMILES string of the molecule is COC(=O)c1cc(Nc2ncnc3c2cnn3-c2ccccc2)cc(C(=O)OC)c1. The van der Waals surface area contributed by atoms with Crippen molar-refractivity contribution in [3.05, 3.63) is 72.2 Å². The number of methoxy groups -OCH3 is 2. The zero-order valence-electron chi connectivity index (χ0n) is 16.2. The molecule has 0 aliphatic rings. The number of hydrogen-bond donors (Lipinski definition) is 1. The second kappa shape index (κ2) is 8.00. The summed E-state index contributed by atoms with van der Waals surface area (Å²) in [6, 6.07) is 14.1. The molecule has 0 bridgehead atoms. The molecule has 150 valence electrons. The van der Waals surface area contributed by atoms with Crippen molar-refractivity contribution >= 4 is 34.5 Å². The van der Waals surface area contributed by atoms with E-state index in [0.29, 0.717) is 22.5 Å². The van der Waals surface area contributed by atoms with Crippen LogP contribution in [-0.2, 0) is 9.47 Å². The fourth-order valence-electron chi connectivity index (χ4n) is 3.01. The Morgan fingerprint density at radius 1 is 0.933 bits per heavy atom. The number of aromatic nitrogens is 4. The summed E-state index contributed by atoms with van der Waals surface area (Å²) in [5.74, 6) is -0.679. The largest absolute Gasteiger partial charge is 0.465 e. The van der Waals surface area contributed by atoms with Crippen LogP contribution in [0.4, 0.5) is 11.5 Å². The standard InChI is InChI=1S/C21H17N5O4/c1-29-20(27)13-8-14(21(28)30-2)10-15(9-13)25-18-17-11-24-26(19(17)23-12-22-18)16-6-4-3-5-7-16/h3-12H,1-2H3,(H,22,23,25). The topological polar surface area (TPSA) is 108 Å². The van der Waals surface area contributed by atoms with Crippen LogP contribution in [0.1, 0.15) is 20.7 Å². The van der Waals surface area contributed by atoms with Gasteiger partial charge in [-0.05, 0) is 30.3 Å². The molecule has 2 aromatic heterocycles. The summed E-state index contributed by atoms with van der Waals surface area (Å²) in [4.78, 5) is 32.7. The van der Waals surface area contributed by atoms with E-state index in [1.807, 2.05) is 30.3 Å². The average molecular weight is 403 g/mol. The Morgan fingerprint density at radius 2 is 1.60 bits per heavy atom. The fraction of sp³-hybridized carbons (Fsp3) is 0.0952. The molecule has 4 aromatic rings. The summed E-state index contributed by atoms with van der Waals surface area (Å²) >= 11 is 0. The number of esters is 2. The number of fused-ring (bicyclic) bond motifs is 1. The lowest BCUT2D eigenvalue weighted by molar-refractivity contribution is 0.0599. The van der Waals surface area contributed by atoms with E-state index in [9.17, 15) is 9.59 Å². The molecule has 0 spiro atoms. The van der Waals surface area contributed by atoms with E-state index in [2.05, 4.69) is 20.4 Å². The van der Waals surface area contributed by atoms with Gasteiger partial charge in [-0.15, -0.1) is 0 Å². The smallest absolute Gasteiger partial charge is 0.337 e. The highest BCUT2D eigenvalue weighted by atomic mass is 16.5. The second-order valence-electron chi connectivity index (χ2n) is 6.26. The predicted molar refractivity (Wildman–Crippen MR) is 109 cm³/mol. The molecule has 0 saturated carbocycles. The van der Waals surface area contributed by atoms with E-state index in [1.165, 1.54) is 26.6 Å². The van der Waals surface area contributed by atoms with E-state index in [-0.39, 0.29) is 11.1 Å². The van der Waals surface area contributed by atoms with Gasteiger partial charge in [0.1, 0.15) is 12.1 Å². The molecular weight excluding hydrogens is 386 g/mol. The Balaban J connectivity index is 1.77. The molecule has 0 atom stereocenters. The number of carbonyl (C=O) groups is 2. The van der Waals surface area contributed by atoms with Gasteiger partial charge in [0.15, 0.2) is 5.65 Å². The first-order valence-electron chi connectivity index (χ1n) is 8.93. The van der Waals surface area contributed by atoms with Crippen molar-refractivity contribution < 1.29 is 19.1 Å². The van der Waals surface area contributed by atoms with Crippen LogP contribution in [0, 0.1) is 0 Å². The molecule has 2 aromatic carbocycles. The van der Waals surface area contributed by atoms with Crippen molar-refractivity contribution in [3.8, 4) is 5.69 Å². The van der Waals surface area contributed by atoms with Gasteiger partial charge in [-0.2, -0.15) is 5.10 Å². The van der Waals surface area contributed by atoms with Crippen molar-refractivity contribution in [1.82, 2.24) is 19.7 Å². The quantitative estimate of drug-likeness (QED) is 0.506. The van der Waals surface area contributed by atoms with Gasteiger partial charge in [0.2, 0.25) is 0 Å². The first-order valence-corrected chi connectivity index (χ1v) is 8.93. The lowest BCUT2D eigenvalue weighted by atomic mass is 10.1. The lowest BCUT2D eigenvalue weighted by Gasteiger charge is -2.10. The van der Waals surface area contributed by atoms with Gasteiger partial charge in [-0.3, -0.25) is 0 Å². The van der Waals surface area contributed by atoms with Crippen LogP contribution in [0.15, 0.2) is 61.1 Å². The molecule has 0 unspecified atom stereocenters. The molecule has 0 radical (unpaired) electrons. The fourth-order valence-corrected chi connectivity index (χ4v) is 3.01. The summed E-state index contributed by atoms with van der Waals surface area (Å²) in [5.41, 5.74) is 2.33. The minimum Gasteiger partial charge on any atom is -0.465 e. The maximum Gasteiger partial charge on any atom is 0.337 e. The van der Waals surface area contributed by atoms with Crippen LogP contribution in [0.25, 0.3) is 16.7 Å². The maximum absolute atomic E-state index is 12.0. The van der Waals surface area contributed by atoms with Crippen LogP contribution >= 0.6 is 0 Å². The predicted octanol–water partition coefficient (Wildman–Crippen LogP) is 3.13. The third-order valence-electron chi connectivity index (χ3n) is 4.40. The molecule has 2 heterocycles. The van der Waals surface area contributed by atoms with Crippen molar-refractivity contribution in [2.45, 2.75) is 0 Å². The number of carbonyl (C=O) groups excluding carboxylic acids is 2. The molecule has 0 amide bonds. The Labute approximate surface area is 171 Å². The van der Waals surface area contributed by atoms with Gasteiger partial charge in [-0.25, -0.2) is 24.2 Å². The molecule has 4 rings (SSSR count). The van der Waals surface area contributed by atoms with Crippen LogP contribution in [-0.4, -0.2) is 45.9 Å². The molecule has 1 N–H and O–H groups in total. The van der Waals surface area contributed by atoms with E-state index < -0.39 is 11.9 Å². The summed E-state index contributed by atoms with van der Waals surface area (Å²) in [6.07, 6.45) is 3.06. The number of ether oxygens (including phenoxy) is 2. The molecular formula is C21H17N5O4. The van der Waals surface area contributed by atoms with E-state index in [0.717, 1.165) is 5.69 Å². The zero-order valence-corrected chi connectivity index (χ0v) is 16.2. The van der Waals surface area contributed by atoms with E-state index in [1.54, 1.807) is 23.0 Å². The zero-order chi connectivity index (χ0) is 21.1. The Kier molecular flexibility index (Phi) is 5.08. The van der Waals surface area contributed by atoms with Crippen molar-refractivity contribution in [2.75, 3.05) is 19.5 Å². The summed E-state index contributed by atoms with van der Waals surface area (Å²) < 4.78 is 11.3. The van der Waals surface area contributed by atoms with Crippen molar-refractivity contribution in [2.24, 2.45) is 0 Å². The number of benzene rings is 2. The average Bonchev–Trinajstić information content (AvgIpc) is 3.23. The highest BCUT2D eigenvalue weighted by Crippen LogP contribution is 2.26. The number of nitrogens with one attached hydrogen (secondary N) is 1. The van der Waals surface area contributed by atoms with E-state index in [4.69, 9.17) is 9.47 Å². The number of para-hydroxylation sites is 1. The number of anilines is 2. The summed E-state index contributed by atoms with van der Waals surface area (Å²) in [6.45, 7) is 0. The lowest BCUT2D eigenvalue weighted by Crippen LogP contribution is -2.08. The van der Waals surface area contributed by atoms with Crippen LogP contribution in [0.2, 0.25) is 0 Å². The molecule has 0 fully saturated rings. The van der Waals surface area contributed by atoms with Crippen molar-refractivity contribution in [1.29, 1.82) is 0 Å². The van der Waals surface area contributed by atoms with Gasteiger partial charge < -0.3 is 14.8 Å². The second-order valence-corrected chi connectivity index (χ2v) is 6.26. The Hall–Kier alpha value is -4.27. The Morgan fingerprint density at radius 3 is 2.23 bits per heavy atom. The monoisotopic (exact) mass is 403 g/mol. The molecule has 9 nitrogen and oxygen atoms in total. The summed E-state index contributed by atoms with van der Waals surface area (Å²) in [5, 5.41) is 8.21. The molecule has 9 heteroatoms. The summed E-state index contributed by atoms with van der Waals surface area (Å²) in [7, 11) is 2.54. The first-order chi connectivity index (χ1) is 14.6. The highest BCUT2D eigenvalue weighted by molar-refractivity contribution is 5.98. The minimum atomic E-state index is -0.575. The third-order valence-corrected chi connectivity index (χ3v) is 4.40. The normalized spacial score (nSPS) is 10.6. The molecule has 0 aliphatic carbocycles. The Bertz CT molecular complexity index is 1200. The van der Waals surface area contributed by atoms with Gasteiger partial charge in [0, 0.05) is 5.69 Å².